The van der Waals surface area contributed by atoms with Crippen molar-refractivity contribution in [1.82, 2.24) is 19.6 Å². The van der Waals surface area contributed by atoms with Gasteiger partial charge in [-0.3, -0.25) is 14.2 Å². The van der Waals surface area contributed by atoms with Gasteiger partial charge in [-0.1, -0.05) is 23.9 Å². The summed E-state index contributed by atoms with van der Waals surface area (Å²) in [6.07, 6.45) is 3.18. The van der Waals surface area contributed by atoms with E-state index >= 15 is 0 Å². The zero-order valence-electron chi connectivity index (χ0n) is 18.8. The monoisotopic (exact) mass is 482 g/mol. The summed E-state index contributed by atoms with van der Waals surface area (Å²) in [6.45, 7) is 1.23. The van der Waals surface area contributed by atoms with E-state index in [-0.39, 0.29) is 11.9 Å². The molecule has 174 valence electrons. The fourth-order valence-corrected chi connectivity index (χ4v) is 5.19. The van der Waals surface area contributed by atoms with Crippen molar-refractivity contribution in [2.45, 2.75) is 22.6 Å². The number of aromatic nitrogens is 4. The first-order valence-electron chi connectivity index (χ1n) is 11.5. The molecule has 2 aromatic carbocycles. The number of hydrogen-bond donors (Lipinski definition) is 0. The van der Waals surface area contributed by atoms with Crippen LogP contribution in [0.1, 0.15) is 12.8 Å². The highest BCUT2D eigenvalue weighted by molar-refractivity contribution is 7.99. The third kappa shape index (κ3) is 4.50. The van der Waals surface area contributed by atoms with Crippen LogP contribution in [0.4, 0.5) is 0 Å². The van der Waals surface area contributed by atoms with Crippen LogP contribution < -0.4 is 4.74 Å². The molecule has 1 aliphatic heterocycles. The molecule has 8 heteroatoms. The van der Waals surface area contributed by atoms with Gasteiger partial charge in [0.2, 0.25) is 0 Å². The average Bonchev–Trinajstić information content (AvgIpc) is 3.34. The van der Waals surface area contributed by atoms with Crippen molar-refractivity contribution in [2.24, 2.45) is 5.92 Å². The van der Waals surface area contributed by atoms with Gasteiger partial charge in [0.15, 0.2) is 11.5 Å². The molecule has 0 amide bonds. The second kappa shape index (κ2) is 9.48. The minimum absolute atomic E-state index is 0.0916. The highest BCUT2D eigenvalue weighted by Crippen LogP contribution is 2.33. The lowest BCUT2D eigenvalue weighted by Gasteiger charge is -2.20. The third-order valence-corrected chi connectivity index (χ3v) is 7.03. The van der Waals surface area contributed by atoms with Crippen molar-refractivity contribution >= 4 is 34.3 Å². The predicted molar refractivity (Wildman–Crippen MR) is 133 cm³/mol. The first kappa shape index (κ1) is 21.8. The van der Waals surface area contributed by atoms with Crippen LogP contribution in [-0.2, 0) is 9.53 Å². The minimum Gasteiger partial charge on any atom is -0.426 e. The summed E-state index contributed by atoms with van der Waals surface area (Å²) in [5.74, 6) is 1.01. The van der Waals surface area contributed by atoms with Gasteiger partial charge in [-0.25, -0.2) is 0 Å². The molecule has 0 radical (unpaired) electrons. The molecule has 0 aliphatic carbocycles. The van der Waals surface area contributed by atoms with Crippen molar-refractivity contribution < 1.29 is 14.3 Å². The van der Waals surface area contributed by atoms with Crippen LogP contribution >= 0.6 is 11.8 Å². The lowest BCUT2D eigenvalue weighted by molar-refractivity contribution is -0.142. The first-order chi connectivity index (χ1) is 17.2. The van der Waals surface area contributed by atoms with Gasteiger partial charge in [0, 0.05) is 29.2 Å². The molecule has 7 nitrogen and oxygen atoms in total. The fraction of sp³-hybridized carbons (Fsp3) is 0.185. The molecular formula is C27H22N4O3S. The van der Waals surface area contributed by atoms with E-state index in [1.54, 1.807) is 18.0 Å². The van der Waals surface area contributed by atoms with Gasteiger partial charge in [0.1, 0.15) is 11.4 Å². The van der Waals surface area contributed by atoms with E-state index in [1.165, 1.54) is 0 Å². The fourth-order valence-electron chi connectivity index (χ4n) is 4.27. The van der Waals surface area contributed by atoms with E-state index < -0.39 is 0 Å². The van der Waals surface area contributed by atoms with Crippen LogP contribution in [0.5, 0.6) is 5.75 Å². The number of nitrogens with zero attached hydrogens (tertiary/aromatic N) is 4. The van der Waals surface area contributed by atoms with Gasteiger partial charge >= 0.3 is 5.97 Å². The van der Waals surface area contributed by atoms with Crippen LogP contribution in [0.25, 0.3) is 28.1 Å². The van der Waals surface area contributed by atoms with Crippen molar-refractivity contribution in [3.63, 3.8) is 0 Å². The Hall–Kier alpha value is -3.75. The summed E-state index contributed by atoms with van der Waals surface area (Å²) < 4.78 is 13.0. The second-order valence-electron chi connectivity index (χ2n) is 8.37. The second-order valence-corrected chi connectivity index (χ2v) is 9.52. The number of carbonyl (C=O) groups is 1. The summed E-state index contributed by atoms with van der Waals surface area (Å²) in [5.41, 5.74) is 2.56. The van der Waals surface area contributed by atoms with E-state index in [2.05, 4.69) is 39.4 Å². The molecule has 0 N–H and O–H groups in total. The number of benzene rings is 2. The maximum Gasteiger partial charge on any atom is 0.314 e. The predicted octanol–water partition coefficient (Wildman–Crippen LogP) is 5.43. The van der Waals surface area contributed by atoms with E-state index in [1.807, 2.05) is 52.9 Å². The van der Waals surface area contributed by atoms with Crippen LogP contribution in [0.2, 0.25) is 0 Å². The molecule has 5 aromatic rings. The number of fused-ring (bicyclic) bond motifs is 3. The zero-order chi connectivity index (χ0) is 23.6. The topological polar surface area (TPSA) is 78.6 Å². The molecular weight excluding hydrogens is 460 g/mol. The first-order valence-corrected chi connectivity index (χ1v) is 12.3. The Bertz CT molecular complexity index is 1510. The Morgan fingerprint density at radius 3 is 2.69 bits per heavy atom. The maximum atomic E-state index is 12.5. The number of carbonyl (C=O) groups excluding carboxylic acids is 1. The van der Waals surface area contributed by atoms with Crippen molar-refractivity contribution in [1.29, 1.82) is 0 Å². The Kier molecular flexibility index (Phi) is 5.89. The molecule has 4 heterocycles. The quantitative estimate of drug-likeness (QED) is 0.244. The Labute approximate surface area is 206 Å². The molecule has 1 fully saturated rings. The van der Waals surface area contributed by atoms with Gasteiger partial charge < -0.3 is 9.47 Å². The molecule has 3 aromatic heterocycles. The smallest absolute Gasteiger partial charge is 0.314 e. The summed E-state index contributed by atoms with van der Waals surface area (Å²) in [6, 6.07) is 23.7. The Morgan fingerprint density at radius 1 is 0.943 bits per heavy atom. The molecule has 0 unspecified atom stereocenters. The van der Waals surface area contributed by atoms with Crippen LogP contribution in [0.3, 0.4) is 0 Å². The lowest BCUT2D eigenvalue weighted by Crippen LogP contribution is -2.27. The summed E-state index contributed by atoms with van der Waals surface area (Å²) in [7, 11) is 0. The third-order valence-electron chi connectivity index (χ3n) is 6.05. The molecule has 0 bridgehead atoms. The normalized spacial score (nSPS) is 14.4. The van der Waals surface area contributed by atoms with E-state index in [4.69, 9.17) is 9.47 Å². The number of hydrogen-bond acceptors (Lipinski definition) is 7. The molecule has 0 spiro atoms. The van der Waals surface area contributed by atoms with Crippen molar-refractivity contribution in [2.75, 3.05) is 13.2 Å². The molecule has 1 saturated heterocycles. The zero-order valence-corrected chi connectivity index (χ0v) is 19.6. The Balaban J connectivity index is 1.26. The van der Waals surface area contributed by atoms with Gasteiger partial charge in [0.25, 0.3) is 0 Å². The van der Waals surface area contributed by atoms with E-state index in [0.29, 0.717) is 37.6 Å². The number of pyridine rings is 2. The van der Waals surface area contributed by atoms with Crippen LogP contribution in [-0.4, -0.2) is 38.8 Å². The molecule has 1 aliphatic rings. The van der Waals surface area contributed by atoms with Gasteiger partial charge in [-0.05, 0) is 78.9 Å². The SMILES string of the molecule is O=C(Oc1cccc(Sc2ccc3c(ccc4nnc(-c5ccccn5)n43)c2)c1)C1CCOCC1. The lowest BCUT2D eigenvalue weighted by atomic mass is 10.0. The number of rotatable bonds is 5. The standard InChI is InChI=1S/C27H22N4O3S/c32-27(18-11-14-33-15-12-18)34-20-4-3-5-21(17-20)35-22-8-9-24-19(16-22)7-10-25-29-30-26(31(24)25)23-6-1-2-13-28-23/h1-10,13,16-18H,11-12,14-15H2. The van der Waals surface area contributed by atoms with Gasteiger partial charge in [-0.2, -0.15) is 0 Å². The highest BCUT2D eigenvalue weighted by Gasteiger charge is 2.23. The number of esters is 1. The maximum absolute atomic E-state index is 12.5. The number of ether oxygens (including phenoxy) is 2. The molecule has 35 heavy (non-hydrogen) atoms. The van der Waals surface area contributed by atoms with Crippen LogP contribution in [0, 0.1) is 5.92 Å². The van der Waals surface area contributed by atoms with Crippen LogP contribution in [0.15, 0.2) is 88.8 Å². The van der Waals surface area contributed by atoms with Crippen molar-refractivity contribution in [3.8, 4) is 17.3 Å². The minimum atomic E-state index is -0.178. The van der Waals surface area contributed by atoms with Gasteiger partial charge in [0.05, 0.1) is 11.4 Å². The summed E-state index contributed by atoms with van der Waals surface area (Å²) >= 11 is 1.62. The summed E-state index contributed by atoms with van der Waals surface area (Å²) in [4.78, 5) is 19.0. The van der Waals surface area contributed by atoms with Crippen molar-refractivity contribution in [3.05, 3.63) is 79.0 Å². The molecule has 6 rings (SSSR count). The molecule has 0 atom stereocenters. The molecule has 0 saturated carbocycles. The highest BCUT2D eigenvalue weighted by atomic mass is 32.2. The van der Waals surface area contributed by atoms with Gasteiger partial charge in [-0.15, -0.1) is 10.2 Å². The summed E-state index contributed by atoms with van der Waals surface area (Å²) in [5, 5.41) is 9.76. The average molecular weight is 483 g/mol. The Morgan fingerprint density at radius 2 is 1.83 bits per heavy atom. The largest absolute Gasteiger partial charge is 0.426 e. The van der Waals surface area contributed by atoms with E-state index in [0.717, 1.165) is 32.0 Å². The van der Waals surface area contributed by atoms with E-state index in [9.17, 15) is 4.79 Å².